The predicted octanol–water partition coefficient (Wildman–Crippen LogP) is 2.48. The number of halogens is 2. The average molecular weight is 244 g/mol. The van der Waals surface area contributed by atoms with E-state index in [0.717, 1.165) is 24.8 Å². The third-order valence-electron chi connectivity index (χ3n) is 3.30. The Hall–Kier alpha value is -0.640. The molecule has 1 aliphatic rings. The molecule has 1 saturated carbocycles. The summed E-state index contributed by atoms with van der Waals surface area (Å²) in [5.74, 6) is -0.396. The van der Waals surface area contributed by atoms with Gasteiger partial charge in [0.15, 0.2) is 0 Å². The second kappa shape index (κ2) is 4.70. The third-order valence-corrected chi connectivity index (χ3v) is 3.72. The topological polar surface area (TPSA) is 32.3 Å². The lowest BCUT2D eigenvalue weighted by Crippen LogP contribution is -2.53. The fraction of sp³-hybridized carbons (Fsp3) is 0.500. The highest BCUT2D eigenvalue weighted by Crippen LogP contribution is 2.32. The molecule has 0 spiro atoms. The third kappa shape index (κ3) is 2.21. The Labute approximate surface area is 99.4 Å². The van der Waals surface area contributed by atoms with Crippen LogP contribution >= 0.6 is 11.6 Å². The molecule has 1 aromatic rings. The summed E-state index contributed by atoms with van der Waals surface area (Å²) in [6.07, 6.45) is 3.07. The minimum absolute atomic E-state index is 0.125. The number of hydrogen-bond donors (Lipinski definition) is 2. The summed E-state index contributed by atoms with van der Waals surface area (Å²) in [7, 11) is 0. The second-order valence-corrected chi connectivity index (χ2v) is 4.74. The van der Waals surface area contributed by atoms with Gasteiger partial charge in [0.25, 0.3) is 0 Å². The number of aliphatic hydroxyl groups is 1. The Bertz CT molecular complexity index is 374. The smallest absolute Gasteiger partial charge is 0.142 e. The minimum atomic E-state index is -0.396. The molecule has 0 aromatic heterocycles. The molecule has 1 aromatic carbocycles. The van der Waals surface area contributed by atoms with Crippen LogP contribution in [0.5, 0.6) is 0 Å². The summed E-state index contributed by atoms with van der Waals surface area (Å²) in [6, 6.07) is 4.78. The van der Waals surface area contributed by atoms with E-state index >= 15 is 0 Å². The van der Waals surface area contributed by atoms with Gasteiger partial charge in [0.1, 0.15) is 5.82 Å². The Morgan fingerprint density at radius 2 is 2.19 bits per heavy atom. The van der Waals surface area contributed by atoms with Gasteiger partial charge in [0.05, 0.1) is 11.6 Å². The van der Waals surface area contributed by atoms with Crippen LogP contribution in [0.3, 0.4) is 0 Å². The first-order chi connectivity index (χ1) is 7.67. The van der Waals surface area contributed by atoms with Crippen molar-refractivity contribution in [2.24, 2.45) is 0 Å². The number of benzene rings is 1. The monoisotopic (exact) mass is 243 g/mol. The molecule has 2 nitrogen and oxygen atoms in total. The zero-order chi connectivity index (χ0) is 11.6. The van der Waals surface area contributed by atoms with Gasteiger partial charge in [-0.15, -0.1) is 0 Å². The fourth-order valence-corrected chi connectivity index (χ4v) is 2.15. The van der Waals surface area contributed by atoms with E-state index in [1.54, 1.807) is 12.1 Å². The minimum Gasteiger partial charge on any atom is -0.394 e. The molecule has 0 bridgehead atoms. The van der Waals surface area contributed by atoms with E-state index in [1.165, 1.54) is 6.07 Å². The maximum absolute atomic E-state index is 13.2. The van der Waals surface area contributed by atoms with E-state index in [9.17, 15) is 9.50 Å². The zero-order valence-electron chi connectivity index (χ0n) is 8.97. The zero-order valence-corrected chi connectivity index (χ0v) is 9.73. The summed E-state index contributed by atoms with van der Waals surface area (Å²) in [6.45, 7) is 0.622. The maximum Gasteiger partial charge on any atom is 0.142 e. The van der Waals surface area contributed by atoms with Gasteiger partial charge in [-0.2, -0.15) is 0 Å². The van der Waals surface area contributed by atoms with Gasteiger partial charge >= 0.3 is 0 Å². The van der Waals surface area contributed by atoms with Crippen molar-refractivity contribution in [1.82, 2.24) is 5.32 Å². The predicted molar refractivity (Wildman–Crippen MR) is 61.9 cm³/mol. The van der Waals surface area contributed by atoms with E-state index in [4.69, 9.17) is 11.6 Å². The normalized spacial score (nSPS) is 18.2. The van der Waals surface area contributed by atoms with Crippen LogP contribution in [0.25, 0.3) is 0 Å². The van der Waals surface area contributed by atoms with Crippen molar-refractivity contribution >= 4 is 11.6 Å². The molecule has 1 fully saturated rings. The molecule has 16 heavy (non-hydrogen) atoms. The van der Waals surface area contributed by atoms with Crippen LogP contribution in [-0.2, 0) is 6.54 Å². The molecule has 4 heteroatoms. The van der Waals surface area contributed by atoms with E-state index < -0.39 is 5.82 Å². The molecular weight excluding hydrogens is 229 g/mol. The molecule has 2 rings (SSSR count). The molecule has 0 aliphatic heterocycles. The summed E-state index contributed by atoms with van der Waals surface area (Å²) >= 11 is 5.85. The first-order valence-electron chi connectivity index (χ1n) is 5.46. The van der Waals surface area contributed by atoms with E-state index in [2.05, 4.69) is 5.32 Å². The van der Waals surface area contributed by atoms with Crippen molar-refractivity contribution in [3.63, 3.8) is 0 Å². The van der Waals surface area contributed by atoms with Crippen LogP contribution in [0.4, 0.5) is 4.39 Å². The molecule has 88 valence electrons. The lowest BCUT2D eigenvalue weighted by molar-refractivity contribution is 0.0872. The highest BCUT2D eigenvalue weighted by molar-refractivity contribution is 6.31. The molecule has 2 N–H and O–H groups in total. The SMILES string of the molecule is OCC1(NCc2cccc(F)c2Cl)CCC1. The summed E-state index contributed by atoms with van der Waals surface area (Å²) in [5.41, 5.74) is 0.566. The van der Waals surface area contributed by atoms with E-state index in [-0.39, 0.29) is 17.2 Å². The standard InChI is InChI=1S/C12H15ClFNO/c13-11-9(3-1-4-10(11)14)7-15-12(8-16)5-2-6-12/h1,3-4,15-16H,2,5-8H2. The molecule has 0 unspecified atom stereocenters. The average Bonchev–Trinajstić information content (AvgIpc) is 2.23. The maximum atomic E-state index is 13.2. The number of hydrogen-bond acceptors (Lipinski definition) is 2. The first-order valence-corrected chi connectivity index (χ1v) is 5.83. The lowest BCUT2D eigenvalue weighted by Gasteiger charge is -2.41. The van der Waals surface area contributed by atoms with Gasteiger partial charge in [-0.05, 0) is 30.9 Å². The van der Waals surface area contributed by atoms with Crippen LogP contribution in [0.15, 0.2) is 18.2 Å². The highest BCUT2D eigenvalue weighted by Gasteiger charge is 2.35. The van der Waals surface area contributed by atoms with Gasteiger partial charge in [-0.1, -0.05) is 23.7 Å². The van der Waals surface area contributed by atoms with Gasteiger partial charge in [-0.3, -0.25) is 0 Å². The Morgan fingerprint density at radius 3 is 2.75 bits per heavy atom. The molecular formula is C12H15ClFNO. The Kier molecular flexibility index (Phi) is 3.47. The van der Waals surface area contributed by atoms with Crippen LogP contribution in [0.1, 0.15) is 24.8 Å². The van der Waals surface area contributed by atoms with Crippen LogP contribution in [-0.4, -0.2) is 17.3 Å². The van der Waals surface area contributed by atoms with E-state index in [1.807, 2.05) is 0 Å². The molecule has 0 amide bonds. The van der Waals surface area contributed by atoms with Crippen molar-refractivity contribution < 1.29 is 9.50 Å². The van der Waals surface area contributed by atoms with Crippen LogP contribution < -0.4 is 5.32 Å². The summed E-state index contributed by atoms with van der Waals surface area (Å²) in [4.78, 5) is 0. The van der Waals surface area contributed by atoms with E-state index in [0.29, 0.717) is 6.54 Å². The van der Waals surface area contributed by atoms with Gasteiger partial charge in [0, 0.05) is 12.1 Å². The summed E-state index contributed by atoms with van der Waals surface area (Å²) in [5, 5.41) is 12.7. The quantitative estimate of drug-likeness (QED) is 0.852. The fourth-order valence-electron chi connectivity index (χ4n) is 1.96. The summed E-state index contributed by atoms with van der Waals surface area (Å²) < 4.78 is 13.2. The molecule has 0 saturated heterocycles. The van der Waals surface area contributed by atoms with Crippen LogP contribution in [0.2, 0.25) is 5.02 Å². The van der Waals surface area contributed by atoms with Gasteiger partial charge in [0.2, 0.25) is 0 Å². The van der Waals surface area contributed by atoms with Gasteiger partial charge in [-0.25, -0.2) is 4.39 Å². The number of nitrogens with one attached hydrogen (secondary N) is 1. The Morgan fingerprint density at radius 1 is 1.44 bits per heavy atom. The second-order valence-electron chi connectivity index (χ2n) is 4.36. The van der Waals surface area contributed by atoms with Crippen molar-refractivity contribution in [2.45, 2.75) is 31.3 Å². The number of aliphatic hydroxyl groups excluding tert-OH is 1. The first kappa shape index (κ1) is 11.8. The molecule has 1 aliphatic carbocycles. The molecule has 0 atom stereocenters. The van der Waals surface area contributed by atoms with Crippen molar-refractivity contribution in [1.29, 1.82) is 0 Å². The lowest BCUT2D eigenvalue weighted by atomic mass is 9.77. The Balaban J connectivity index is 2.02. The van der Waals surface area contributed by atoms with Gasteiger partial charge < -0.3 is 10.4 Å². The molecule has 0 heterocycles. The van der Waals surface area contributed by atoms with Crippen molar-refractivity contribution in [3.05, 3.63) is 34.6 Å². The van der Waals surface area contributed by atoms with Crippen LogP contribution in [0, 0.1) is 5.82 Å². The molecule has 0 radical (unpaired) electrons. The van der Waals surface area contributed by atoms with Crippen molar-refractivity contribution in [3.8, 4) is 0 Å². The largest absolute Gasteiger partial charge is 0.394 e. The van der Waals surface area contributed by atoms with Crippen molar-refractivity contribution in [2.75, 3.05) is 6.61 Å². The number of rotatable bonds is 4. The highest BCUT2D eigenvalue weighted by atomic mass is 35.5.